The first kappa shape index (κ1) is 25.0. The Hall–Kier alpha value is -3.62. The van der Waals surface area contributed by atoms with E-state index in [4.69, 9.17) is 36.4 Å². The van der Waals surface area contributed by atoms with Crippen LogP contribution in [0.5, 0.6) is 0 Å². The Morgan fingerprint density at radius 2 is 1.76 bits per heavy atom. The van der Waals surface area contributed by atoms with Crippen molar-refractivity contribution in [2.24, 2.45) is 0 Å². The van der Waals surface area contributed by atoms with Crippen molar-refractivity contribution in [2.75, 3.05) is 37.0 Å². The highest BCUT2D eigenvalue weighted by Crippen LogP contribution is 2.42. The number of carbonyl (C=O) groups is 2. The molecule has 9 heteroatoms. The molecule has 0 saturated heterocycles. The maximum absolute atomic E-state index is 9.10. The van der Waals surface area contributed by atoms with Gasteiger partial charge in [0.15, 0.2) is 5.82 Å². The number of benzene rings is 1. The smallest absolute Gasteiger partial charge is 0.414 e. The summed E-state index contributed by atoms with van der Waals surface area (Å²) >= 11 is 6.40. The highest BCUT2D eigenvalue weighted by atomic mass is 35.5. The summed E-state index contributed by atoms with van der Waals surface area (Å²) in [5.74, 6) is -2.67. The third kappa shape index (κ3) is 6.24. The number of carboxylic acids is 2. The van der Waals surface area contributed by atoms with Crippen LogP contribution in [-0.2, 0) is 9.59 Å². The van der Waals surface area contributed by atoms with Crippen LogP contribution in [0.25, 0.3) is 0 Å². The van der Waals surface area contributed by atoms with Crippen molar-refractivity contribution in [2.45, 2.75) is 12.8 Å². The van der Waals surface area contributed by atoms with Crippen LogP contribution >= 0.6 is 11.6 Å². The van der Waals surface area contributed by atoms with Gasteiger partial charge in [0.1, 0.15) is 0 Å². The summed E-state index contributed by atoms with van der Waals surface area (Å²) in [6.07, 6.45) is 10.0. The van der Waals surface area contributed by atoms with Crippen LogP contribution < -0.4 is 9.80 Å². The molecule has 0 bridgehead atoms. The Balaban J connectivity index is 0.000000481. The fourth-order valence-electron chi connectivity index (χ4n) is 3.68. The lowest BCUT2D eigenvalue weighted by molar-refractivity contribution is -0.159. The van der Waals surface area contributed by atoms with Gasteiger partial charge in [-0.05, 0) is 69.1 Å². The number of halogens is 1. The molecule has 0 fully saturated rings. The molecule has 0 radical (unpaired) electrons. The van der Waals surface area contributed by atoms with E-state index < -0.39 is 11.9 Å². The lowest BCUT2D eigenvalue weighted by Gasteiger charge is -2.29. The topological polar surface area (TPSA) is 97.2 Å². The first-order valence-corrected chi connectivity index (χ1v) is 11.1. The number of anilines is 3. The maximum atomic E-state index is 9.10. The first-order chi connectivity index (χ1) is 16.3. The van der Waals surface area contributed by atoms with Crippen LogP contribution in [0, 0.1) is 0 Å². The minimum absolute atomic E-state index is 0.731. The fourth-order valence-corrected chi connectivity index (χ4v) is 3.89. The highest BCUT2D eigenvalue weighted by molar-refractivity contribution is 6.30. The third-order valence-electron chi connectivity index (χ3n) is 5.17. The van der Waals surface area contributed by atoms with Gasteiger partial charge >= 0.3 is 11.9 Å². The number of allylic oxidation sites excluding steroid dienone is 4. The largest absolute Gasteiger partial charge is 0.473 e. The van der Waals surface area contributed by atoms with Crippen molar-refractivity contribution in [1.82, 2.24) is 9.88 Å². The molecule has 1 aliphatic carbocycles. The number of hydrogen-bond donors (Lipinski definition) is 2. The number of para-hydroxylation sites is 1. The quantitative estimate of drug-likeness (QED) is 0.603. The van der Waals surface area contributed by atoms with Gasteiger partial charge in [0, 0.05) is 41.8 Å². The van der Waals surface area contributed by atoms with Crippen LogP contribution in [0.1, 0.15) is 12.8 Å². The summed E-state index contributed by atoms with van der Waals surface area (Å²) in [5, 5.41) is 15.6. The molecule has 1 aliphatic heterocycles. The Labute approximate surface area is 203 Å². The molecule has 0 unspecified atom stereocenters. The van der Waals surface area contributed by atoms with Gasteiger partial charge in [-0.25, -0.2) is 14.6 Å². The highest BCUT2D eigenvalue weighted by Gasteiger charge is 2.28. The minimum atomic E-state index is -1.82. The Morgan fingerprint density at radius 3 is 2.41 bits per heavy atom. The SMILES string of the molecule is CN(C)CCCN1C2=CC=C(Cl)CC2=CN(c2ccccc2)c2cccnc21.O=C(O)C(=O)O. The zero-order valence-electron chi connectivity index (χ0n) is 19.1. The summed E-state index contributed by atoms with van der Waals surface area (Å²) in [4.78, 5) is 29.8. The van der Waals surface area contributed by atoms with Crippen LogP contribution in [0.2, 0.25) is 0 Å². The zero-order valence-corrected chi connectivity index (χ0v) is 19.8. The van der Waals surface area contributed by atoms with E-state index in [1.54, 1.807) is 0 Å². The van der Waals surface area contributed by atoms with E-state index in [-0.39, 0.29) is 0 Å². The summed E-state index contributed by atoms with van der Waals surface area (Å²) in [6, 6.07) is 14.6. The summed E-state index contributed by atoms with van der Waals surface area (Å²) in [7, 11) is 4.22. The van der Waals surface area contributed by atoms with Crippen molar-refractivity contribution in [3.05, 3.63) is 83.3 Å². The molecule has 1 aromatic carbocycles. The van der Waals surface area contributed by atoms with Crippen LogP contribution in [0.3, 0.4) is 0 Å². The number of fused-ring (bicyclic) bond motifs is 2. The average Bonchev–Trinajstić information content (AvgIpc) is 2.94. The lowest BCUT2D eigenvalue weighted by atomic mass is 10.0. The molecule has 0 spiro atoms. The van der Waals surface area contributed by atoms with Gasteiger partial charge in [-0.2, -0.15) is 0 Å². The molecule has 0 amide bonds. The zero-order chi connectivity index (χ0) is 24.7. The second-order valence-corrected chi connectivity index (χ2v) is 8.45. The maximum Gasteiger partial charge on any atom is 0.414 e. The molecular weight excluding hydrogens is 456 g/mol. The molecule has 34 heavy (non-hydrogen) atoms. The summed E-state index contributed by atoms with van der Waals surface area (Å²) < 4.78 is 0. The number of nitrogens with zero attached hydrogens (tertiary/aromatic N) is 4. The normalized spacial score (nSPS) is 14.5. The number of hydrogen-bond acceptors (Lipinski definition) is 6. The Morgan fingerprint density at radius 1 is 1.06 bits per heavy atom. The molecular formula is C25H27ClN4O4. The number of rotatable bonds is 5. The molecule has 2 aliphatic rings. The van der Waals surface area contributed by atoms with Gasteiger partial charge in [-0.3, -0.25) is 0 Å². The average molecular weight is 483 g/mol. The molecule has 178 valence electrons. The van der Waals surface area contributed by atoms with Crippen molar-refractivity contribution >= 4 is 40.7 Å². The van der Waals surface area contributed by atoms with E-state index in [9.17, 15) is 0 Å². The monoisotopic (exact) mass is 482 g/mol. The molecule has 2 heterocycles. The standard InChI is InChI=1S/C23H25ClN4.C2H2O4/c1-26(2)14-7-15-27-21-12-11-19(24)16-18(21)17-28(20-8-4-3-5-9-20)22-10-6-13-25-23(22)27;3-1(4)2(5)6/h3-6,8-13,17H,7,14-16H2,1-2H3;(H,3,4)(H,5,6). The predicted molar refractivity (Wildman–Crippen MR) is 133 cm³/mol. The van der Waals surface area contributed by atoms with Gasteiger partial charge in [0.05, 0.1) is 5.69 Å². The summed E-state index contributed by atoms with van der Waals surface area (Å²) in [6.45, 7) is 1.93. The van der Waals surface area contributed by atoms with Gasteiger partial charge in [-0.15, -0.1) is 0 Å². The van der Waals surface area contributed by atoms with Crippen molar-refractivity contribution in [3.63, 3.8) is 0 Å². The van der Waals surface area contributed by atoms with E-state index >= 15 is 0 Å². The molecule has 0 atom stereocenters. The van der Waals surface area contributed by atoms with Gasteiger partial charge < -0.3 is 24.9 Å². The number of aliphatic carboxylic acids is 2. The first-order valence-electron chi connectivity index (χ1n) is 10.7. The van der Waals surface area contributed by atoms with E-state index in [1.807, 2.05) is 24.4 Å². The second kappa shape index (κ2) is 11.5. The fraction of sp³-hybridized carbons (Fsp3) is 0.240. The lowest BCUT2D eigenvalue weighted by Crippen LogP contribution is -2.28. The van der Waals surface area contributed by atoms with Crippen LogP contribution in [-0.4, -0.2) is 59.2 Å². The minimum Gasteiger partial charge on any atom is -0.473 e. The molecule has 8 nitrogen and oxygen atoms in total. The van der Waals surface area contributed by atoms with E-state index in [2.05, 4.69) is 71.4 Å². The van der Waals surface area contributed by atoms with Crippen molar-refractivity contribution < 1.29 is 19.8 Å². The van der Waals surface area contributed by atoms with Crippen LogP contribution in [0.4, 0.5) is 17.2 Å². The molecule has 0 saturated carbocycles. The van der Waals surface area contributed by atoms with Crippen LogP contribution in [0.15, 0.2) is 83.3 Å². The predicted octanol–water partition coefficient (Wildman–Crippen LogP) is 4.44. The van der Waals surface area contributed by atoms with E-state index in [0.717, 1.165) is 48.2 Å². The second-order valence-electron chi connectivity index (χ2n) is 7.97. The molecule has 2 aromatic rings. The molecule has 1 aromatic heterocycles. The summed E-state index contributed by atoms with van der Waals surface area (Å²) in [5.41, 5.74) is 4.59. The Bertz CT molecular complexity index is 1120. The number of aromatic nitrogens is 1. The van der Waals surface area contributed by atoms with E-state index in [0.29, 0.717) is 0 Å². The Kier molecular flexibility index (Phi) is 8.45. The third-order valence-corrected chi connectivity index (χ3v) is 5.43. The molecule has 4 rings (SSSR count). The molecule has 2 N–H and O–H groups in total. The van der Waals surface area contributed by atoms with E-state index in [1.165, 1.54) is 11.3 Å². The van der Waals surface area contributed by atoms with Crippen molar-refractivity contribution in [1.29, 1.82) is 0 Å². The van der Waals surface area contributed by atoms with Crippen molar-refractivity contribution in [3.8, 4) is 0 Å². The van der Waals surface area contributed by atoms with Gasteiger partial charge in [0.2, 0.25) is 0 Å². The van der Waals surface area contributed by atoms with Gasteiger partial charge in [-0.1, -0.05) is 29.8 Å². The number of carboxylic acid groups (broad SMARTS) is 2. The van der Waals surface area contributed by atoms with Gasteiger partial charge in [0.25, 0.3) is 0 Å². The number of pyridine rings is 1.